The number of hydrogen-bond donors (Lipinski definition) is 3. The number of thioether (sulfide) groups is 1. The van der Waals surface area contributed by atoms with Crippen molar-refractivity contribution in [3.63, 3.8) is 0 Å². The number of aromatic nitrogens is 3. The molecule has 1 unspecified atom stereocenters. The molecule has 10 nitrogen and oxygen atoms in total. The molecule has 170 valence electrons. The molecule has 0 bridgehead atoms. The van der Waals surface area contributed by atoms with E-state index in [0.717, 1.165) is 31.4 Å². The third kappa shape index (κ3) is 5.39. The van der Waals surface area contributed by atoms with E-state index in [2.05, 4.69) is 26.1 Å². The van der Waals surface area contributed by atoms with Gasteiger partial charge in [-0.2, -0.15) is 0 Å². The third-order valence-electron chi connectivity index (χ3n) is 5.51. The quantitative estimate of drug-likeness (QED) is 0.512. The standard InChI is InChI=1S/C21H26N6O4S/c1-31-16-8-4-7-15(11-16)27-17(9-14-10-18(28)24-20(30)23-14)25-26-21(27)32-12-19(29)22-13-5-2-3-6-13/h4,7-8,11,13-14H,2-3,5-6,9-10,12H2,1H3,(H,22,29)(H2,23,24,28,30). The molecule has 4 rings (SSSR count). The number of methoxy groups -OCH3 is 1. The summed E-state index contributed by atoms with van der Waals surface area (Å²) >= 11 is 1.30. The topological polar surface area (TPSA) is 127 Å². The van der Waals surface area contributed by atoms with Crippen molar-refractivity contribution >= 4 is 29.6 Å². The SMILES string of the molecule is COc1cccc(-n2c(CC3CC(=O)NC(=O)N3)nnc2SCC(=O)NC2CCCC2)c1. The molecule has 2 aliphatic rings. The van der Waals surface area contributed by atoms with E-state index in [-0.39, 0.29) is 30.0 Å². The first-order chi connectivity index (χ1) is 15.5. The number of hydrogen-bond acceptors (Lipinski definition) is 7. The van der Waals surface area contributed by atoms with Gasteiger partial charge in [0.05, 0.1) is 18.6 Å². The van der Waals surface area contributed by atoms with Crippen molar-refractivity contribution < 1.29 is 19.1 Å². The molecule has 32 heavy (non-hydrogen) atoms. The lowest BCUT2D eigenvalue weighted by Crippen LogP contribution is -2.53. The highest BCUT2D eigenvalue weighted by atomic mass is 32.2. The molecule has 2 fully saturated rings. The number of nitrogens with zero attached hydrogens (tertiary/aromatic N) is 3. The zero-order chi connectivity index (χ0) is 22.5. The first-order valence-electron chi connectivity index (χ1n) is 10.6. The van der Waals surface area contributed by atoms with Gasteiger partial charge in [-0.25, -0.2) is 4.79 Å². The number of benzene rings is 1. The van der Waals surface area contributed by atoms with E-state index >= 15 is 0 Å². The van der Waals surface area contributed by atoms with Crippen LogP contribution in [0.5, 0.6) is 5.75 Å². The summed E-state index contributed by atoms with van der Waals surface area (Å²) in [6.07, 6.45) is 4.84. The lowest BCUT2D eigenvalue weighted by atomic mass is 10.1. The Kier molecular flexibility index (Phi) is 6.93. The Hall–Kier alpha value is -3.08. The fourth-order valence-electron chi connectivity index (χ4n) is 4.02. The molecular weight excluding hydrogens is 432 g/mol. The molecule has 0 spiro atoms. The van der Waals surface area contributed by atoms with E-state index in [1.165, 1.54) is 11.8 Å². The van der Waals surface area contributed by atoms with E-state index in [9.17, 15) is 14.4 Å². The number of imide groups is 1. The third-order valence-corrected chi connectivity index (χ3v) is 6.44. The second-order valence-electron chi connectivity index (χ2n) is 7.90. The zero-order valence-electron chi connectivity index (χ0n) is 17.8. The molecule has 2 heterocycles. The molecule has 11 heteroatoms. The monoisotopic (exact) mass is 458 g/mol. The molecule has 1 saturated carbocycles. The maximum Gasteiger partial charge on any atom is 0.321 e. The van der Waals surface area contributed by atoms with Crippen LogP contribution in [0.25, 0.3) is 5.69 Å². The molecule has 1 saturated heterocycles. The van der Waals surface area contributed by atoms with Crippen LogP contribution < -0.4 is 20.7 Å². The molecule has 0 radical (unpaired) electrons. The van der Waals surface area contributed by atoms with Crippen molar-refractivity contribution in [2.24, 2.45) is 0 Å². The minimum absolute atomic E-state index is 0.0279. The molecule has 3 N–H and O–H groups in total. The smallest absolute Gasteiger partial charge is 0.321 e. The van der Waals surface area contributed by atoms with Crippen LogP contribution in [0.4, 0.5) is 4.79 Å². The highest BCUT2D eigenvalue weighted by molar-refractivity contribution is 7.99. The molecule has 2 aromatic rings. The average molecular weight is 459 g/mol. The Bertz CT molecular complexity index is 988. The first-order valence-corrected chi connectivity index (χ1v) is 11.6. The first kappa shape index (κ1) is 22.1. The number of rotatable bonds is 8. The minimum Gasteiger partial charge on any atom is -0.497 e. The number of amides is 4. The van der Waals surface area contributed by atoms with Crippen molar-refractivity contribution in [1.82, 2.24) is 30.7 Å². The van der Waals surface area contributed by atoms with Gasteiger partial charge in [0.15, 0.2) is 5.16 Å². The lowest BCUT2D eigenvalue weighted by molar-refractivity contribution is -0.121. The minimum atomic E-state index is -0.517. The van der Waals surface area contributed by atoms with Gasteiger partial charge in [-0.3, -0.25) is 19.5 Å². The summed E-state index contributed by atoms with van der Waals surface area (Å²) in [4.78, 5) is 35.9. The van der Waals surface area contributed by atoms with E-state index in [1.54, 1.807) is 7.11 Å². The average Bonchev–Trinajstić information content (AvgIpc) is 3.41. The molecule has 1 aromatic heterocycles. The Morgan fingerprint density at radius 1 is 1.28 bits per heavy atom. The van der Waals surface area contributed by atoms with E-state index in [0.29, 0.717) is 23.2 Å². The van der Waals surface area contributed by atoms with Crippen LogP contribution in [0.3, 0.4) is 0 Å². The molecule has 1 aromatic carbocycles. The summed E-state index contributed by atoms with van der Waals surface area (Å²) < 4.78 is 7.19. The van der Waals surface area contributed by atoms with Crippen molar-refractivity contribution in [2.75, 3.05) is 12.9 Å². The predicted molar refractivity (Wildman–Crippen MR) is 118 cm³/mol. The maximum absolute atomic E-state index is 12.4. The van der Waals surface area contributed by atoms with Crippen LogP contribution >= 0.6 is 11.8 Å². The van der Waals surface area contributed by atoms with Crippen LogP contribution in [0.2, 0.25) is 0 Å². The van der Waals surface area contributed by atoms with Crippen molar-refractivity contribution in [3.05, 3.63) is 30.1 Å². The molecule has 1 aliphatic carbocycles. The summed E-state index contributed by atoms with van der Waals surface area (Å²) in [5.74, 6) is 1.12. The van der Waals surface area contributed by atoms with Crippen LogP contribution in [0, 0.1) is 0 Å². The summed E-state index contributed by atoms with van der Waals surface area (Å²) in [5, 5.41) is 17.2. The second kappa shape index (κ2) is 10.0. The molecular formula is C21H26N6O4S. The Labute approximate surface area is 189 Å². The number of carbonyl (C=O) groups excluding carboxylic acids is 3. The predicted octanol–water partition coefficient (Wildman–Crippen LogP) is 1.57. The van der Waals surface area contributed by atoms with Crippen LogP contribution in [0.1, 0.15) is 37.9 Å². The summed E-state index contributed by atoms with van der Waals surface area (Å²) in [6, 6.07) is 6.78. The van der Waals surface area contributed by atoms with Crippen LogP contribution in [-0.2, 0) is 16.0 Å². The van der Waals surface area contributed by atoms with Gasteiger partial charge in [-0.1, -0.05) is 30.7 Å². The van der Waals surface area contributed by atoms with Gasteiger partial charge in [-0.05, 0) is 25.0 Å². The Morgan fingerprint density at radius 2 is 2.09 bits per heavy atom. The van der Waals surface area contributed by atoms with Gasteiger partial charge < -0.3 is 15.4 Å². The van der Waals surface area contributed by atoms with Gasteiger partial charge in [0.25, 0.3) is 0 Å². The van der Waals surface area contributed by atoms with Gasteiger partial charge in [0.1, 0.15) is 11.6 Å². The highest BCUT2D eigenvalue weighted by Gasteiger charge is 2.27. The number of carbonyl (C=O) groups is 3. The number of nitrogens with one attached hydrogen (secondary N) is 3. The van der Waals surface area contributed by atoms with Gasteiger partial charge >= 0.3 is 6.03 Å². The molecule has 1 atom stereocenters. The van der Waals surface area contributed by atoms with Crippen molar-refractivity contribution in [1.29, 1.82) is 0 Å². The van der Waals surface area contributed by atoms with Crippen molar-refractivity contribution in [3.8, 4) is 11.4 Å². The van der Waals surface area contributed by atoms with Gasteiger partial charge in [0.2, 0.25) is 11.8 Å². The Morgan fingerprint density at radius 3 is 2.84 bits per heavy atom. The molecule has 1 aliphatic heterocycles. The number of ether oxygens (including phenoxy) is 1. The second-order valence-corrected chi connectivity index (χ2v) is 8.84. The highest BCUT2D eigenvalue weighted by Crippen LogP contribution is 2.26. The zero-order valence-corrected chi connectivity index (χ0v) is 18.6. The molecule has 4 amide bonds. The normalized spacial score (nSPS) is 18.8. The van der Waals surface area contributed by atoms with E-state index < -0.39 is 12.1 Å². The summed E-state index contributed by atoms with van der Waals surface area (Å²) in [6.45, 7) is 0. The van der Waals surface area contributed by atoms with Gasteiger partial charge in [0, 0.05) is 31.0 Å². The fraction of sp³-hybridized carbons (Fsp3) is 0.476. The lowest BCUT2D eigenvalue weighted by Gasteiger charge is -2.23. The van der Waals surface area contributed by atoms with E-state index in [1.807, 2.05) is 28.8 Å². The Balaban J connectivity index is 1.54. The van der Waals surface area contributed by atoms with Crippen molar-refractivity contribution in [2.45, 2.75) is 55.8 Å². The largest absolute Gasteiger partial charge is 0.497 e. The number of urea groups is 1. The van der Waals surface area contributed by atoms with Crippen LogP contribution in [0.15, 0.2) is 29.4 Å². The summed E-state index contributed by atoms with van der Waals surface area (Å²) in [7, 11) is 1.59. The van der Waals surface area contributed by atoms with E-state index in [4.69, 9.17) is 4.74 Å². The fourth-order valence-corrected chi connectivity index (χ4v) is 4.80. The van der Waals surface area contributed by atoms with Crippen LogP contribution in [-0.4, -0.2) is 57.6 Å². The maximum atomic E-state index is 12.4. The summed E-state index contributed by atoms with van der Waals surface area (Å²) in [5.41, 5.74) is 0.773. The van der Waals surface area contributed by atoms with Gasteiger partial charge in [-0.15, -0.1) is 10.2 Å².